The number of aromatic nitrogens is 2. The molecule has 2 rings (SSSR count). The lowest BCUT2D eigenvalue weighted by molar-refractivity contribution is -0.114. The molecule has 3 N–H and O–H groups in total. The summed E-state index contributed by atoms with van der Waals surface area (Å²) in [7, 11) is 1.30. The van der Waals surface area contributed by atoms with Crippen LogP contribution in [0.15, 0.2) is 33.9 Å². The van der Waals surface area contributed by atoms with E-state index in [-0.39, 0.29) is 41.7 Å². The largest absolute Gasteiger partial charge is 0.493 e. The molecular formula is C22H28F2N4O5. The van der Waals surface area contributed by atoms with Gasteiger partial charge in [0.15, 0.2) is 17.2 Å². The zero-order valence-electron chi connectivity index (χ0n) is 18.8. The number of unbranched alkanes of at least 4 members (excludes halogenated alkanes) is 1. The van der Waals surface area contributed by atoms with Gasteiger partial charge in [-0.1, -0.05) is 32.4 Å². The Morgan fingerprint density at radius 1 is 1.27 bits per heavy atom. The lowest BCUT2D eigenvalue weighted by atomic mass is 10.1. The van der Waals surface area contributed by atoms with E-state index in [0.29, 0.717) is 12.8 Å². The second-order valence-corrected chi connectivity index (χ2v) is 7.08. The summed E-state index contributed by atoms with van der Waals surface area (Å²) >= 11 is 0. The lowest BCUT2D eigenvalue weighted by Gasteiger charge is -2.23. The molecule has 1 aromatic carbocycles. The Balaban J connectivity index is 2.49. The highest BCUT2D eigenvalue weighted by Gasteiger charge is 2.22. The molecule has 0 radical (unpaired) electrons. The van der Waals surface area contributed by atoms with E-state index >= 15 is 0 Å². The number of ether oxygens (including phenoxy) is 2. The monoisotopic (exact) mass is 466 g/mol. The van der Waals surface area contributed by atoms with E-state index in [4.69, 9.17) is 10.5 Å². The first-order valence-corrected chi connectivity index (χ1v) is 10.5. The van der Waals surface area contributed by atoms with Gasteiger partial charge in [-0.05, 0) is 25.0 Å². The van der Waals surface area contributed by atoms with E-state index in [0.717, 1.165) is 17.4 Å². The third-order valence-electron chi connectivity index (χ3n) is 4.77. The average Bonchev–Trinajstić information content (AvgIpc) is 2.76. The summed E-state index contributed by atoms with van der Waals surface area (Å²) in [6.07, 6.45) is 4.33. The van der Waals surface area contributed by atoms with Crippen molar-refractivity contribution in [1.82, 2.24) is 9.55 Å². The molecule has 0 aliphatic carbocycles. The standard InChI is InChI=1S/C22H28F2N4O5/c1-4-6-13-28-19(25)17(20(30)26-22(28)31)27(12-5-2)16(29)11-10-14-8-7-9-15(32-3)18(14)33-21(23)24/h7-11,21H,4-6,12-13,25H2,1-3H3,(H,26,30,31)/b11-10+. The van der Waals surface area contributed by atoms with Crippen LogP contribution < -0.4 is 31.4 Å². The Bertz CT molecular complexity index is 1110. The molecule has 33 heavy (non-hydrogen) atoms. The summed E-state index contributed by atoms with van der Waals surface area (Å²) in [4.78, 5) is 41.1. The molecule has 0 fully saturated rings. The van der Waals surface area contributed by atoms with Gasteiger partial charge >= 0.3 is 12.3 Å². The summed E-state index contributed by atoms with van der Waals surface area (Å²) in [5.74, 6) is -0.901. The number of hydrogen-bond acceptors (Lipinski definition) is 6. The second-order valence-electron chi connectivity index (χ2n) is 7.08. The SMILES string of the molecule is CCCCn1c(N)c(N(CCC)C(=O)/C=C/c2cccc(OC)c2OC(F)F)c(=O)[nH]c1=O. The number of hydrogen-bond donors (Lipinski definition) is 2. The first kappa shape index (κ1) is 25.6. The Hall–Kier alpha value is -3.63. The maximum absolute atomic E-state index is 13.0. The van der Waals surface area contributed by atoms with Crippen molar-refractivity contribution in [3.05, 3.63) is 50.7 Å². The highest BCUT2D eigenvalue weighted by molar-refractivity contribution is 6.05. The van der Waals surface area contributed by atoms with Gasteiger partial charge in [-0.15, -0.1) is 0 Å². The van der Waals surface area contributed by atoms with Crippen LogP contribution in [0.2, 0.25) is 0 Å². The van der Waals surface area contributed by atoms with Crippen LogP contribution in [0.25, 0.3) is 6.08 Å². The summed E-state index contributed by atoms with van der Waals surface area (Å²) < 4.78 is 36.5. The van der Waals surface area contributed by atoms with Crippen molar-refractivity contribution in [2.75, 3.05) is 24.3 Å². The number of nitrogen functional groups attached to an aromatic ring is 1. The number of para-hydroxylation sites is 1. The predicted molar refractivity (Wildman–Crippen MR) is 122 cm³/mol. The van der Waals surface area contributed by atoms with Crippen LogP contribution in [0, 0.1) is 0 Å². The first-order valence-electron chi connectivity index (χ1n) is 10.5. The summed E-state index contributed by atoms with van der Waals surface area (Å²) in [5, 5.41) is 0. The quantitative estimate of drug-likeness (QED) is 0.492. The minimum atomic E-state index is -3.09. The molecular weight excluding hydrogens is 438 g/mol. The van der Waals surface area contributed by atoms with Gasteiger partial charge in [0.2, 0.25) is 0 Å². The van der Waals surface area contributed by atoms with E-state index in [1.165, 1.54) is 29.9 Å². The van der Waals surface area contributed by atoms with Crippen molar-refractivity contribution in [3.63, 3.8) is 0 Å². The molecule has 0 bridgehead atoms. The molecule has 0 atom stereocenters. The number of nitrogens with zero attached hydrogens (tertiary/aromatic N) is 2. The third kappa shape index (κ3) is 6.21. The number of benzene rings is 1. The van der Waals surface area contributed by atoms with E-state index in [1.54, 1.807) is 13.0 Å². The van der Waals surface area contributed by atoms with Gasteiger partial charge in [0.1, 0.15) is 5.82 Å². The maximum atomic E-state index is 13.0. The molecule has 9 nitrogen and oxygen atoms in total. The summed E-state index contributed by atoms with van der Waals surface area (Å²) in [6.45, 7) is 1.07. The fraction of sp³-hybridized carbons (Fsp3) is 0.409. The normalized spacial score (nSPS) is 11.2. The highest BCUT2D eigenvalue weighted by atomic mass is 19.3. The van der Waals surface area contributed by atoms with Crippen molar-refractivity contribution in [2.24, 2.45) is 0 Å². The van der Waals surface area contributed by atoms with E-state index in [9.17, 15) is 23.2 Å². The maximum Gasteiger partial charge on any atom is 0.387 e. The van der Waals surface area contributed by atoms with E-state index < -0.39 is 23.8 Å². The third-order valence-corrected chi connectivity index (χ3v) is 4.77. The molecule has 0 spiro atoms. The van der Waals surface area contributed by atoms with Crippen molar-refractivity contribution in [2.45, 2.75) is 46.3 Å². The average molecular weight is 466 g/mol. The number of aromatic amines is 1. The number of anilines is 2. The predicted octanol–water partition coefficient (Wildman–Crippen LogP) is 2.99. The Labute approximate surface area is 189 Å². The molecule has 180 valence electrons. The molecule has 2 aromatic rings. The van der Waals surface area contributed by atoms with Crippen LogP contribution in [-0.4, -0.2) is 35.7 Å². The summed E-state index contributed by atoms with van der Waals surface area (Å²) in [6, 6.07) is 4.47. The Morgan fingerprint density at radius 3 is 2.61 bits per heavy atom. The number of H-pyrrole nitrogens is 1. The van der Waals surface area contributed by atoms with Crippen molar-refractivity contribution < 1.29 is 23.0 Å². The van der Waals surface area contributed by atoms with Crippen molar-refractivity contribution in [1.29, 1.82) is 0 Å². The number of carbonyl (C=O) groups excluding carboxylic acids is 1. The molecule has 11 heteroatoms. The van der Waals surface area contributed by atoms with Crippen molar-refractivity contribution >= 4 is 23.5 Å². The van der Waals surface area contributed by atoms with Gasteiger partial charge in [-0.2, -0.15) is 8.78 Å². The molecule has 1 aromatic heterocycles. The zero-order valence-corrected chi connectivity index (χ0v) is 18.8. The fourth-order valence-electron chi connectivity index (χ4n) is 3.22. The topological polar surface area (TPSA) is 120 Å². The molecule has 0 aliphatic rings. The lowest BCUT2D eigenvalue weighted by Crippen LogP contribution is -2.41. The molecule has 0 aliphatic heterocycles. The molecule has 0 unspecified atom stereocenters. The minimum absolute atomic E-state index is 0.0685. The molecule has 0 saturated carbocycles. The van der Waals surface area contributed by atoms with Crippen LogP contribution >= 0.6 is 0 Å². The van der Waals surface area contributed by atoms with Crippen LogP contribution in [0.4, 0.5) is 20.3 Å². The number of halogens is 2. The van der Waals surface area contributed by atoms with Gasteiger partial charge in [-0.3, -0.25) is 19.1 Å². The second kappa shape index (κ2) is 11.8. The number of rotatable bonds is 11. The number of alkyl halides is 2. The number of amides is 1. The summed E-state index contributed by atoms with van der Waals surface area (Å²) in [5.41, 5.74) is 4.72. The number of nitrogens with one attached hydrogen (secondary N) is 1. The highest BCUT2D eigenvalue weighted by Crippen LogP contribution is 2.33. The Morgan fingerprint density at radius 2 is 2.00 bits per heavy atom. The van der Waals surface area contributed by atoms with Crippen LogP contribution in [0.3, 0.4) is 0 Å². The first-order chi connectivity index (χ1) is 15.7. The van der Waals surface area contributed by atoms with Crippen LogP contribution in [0.5, 0.6) is 11.5 Å². The van der Waals surface area contributed by atoms with Gasteiger partial charge in [0.25, 0.3) is 11.5 Å². The number of methoxy groups -OCH3 is 1. The fourth-order valence-corrected chi connectivity index (χ4v) is 3.22. The Kier molecular flexibility index (Phi) is 9.19. The van der Waals surface area contributed by atoms with Crippen LogP contribution in [0.1, 0.15) is 38.7 Å². The number of carbonyl (C=O) groups is 1. The van der Waals surface area contributed by atoms with E-state index in [1.807, 2.05) is 6.92 Å². The minimum Gasteiger partial charge on any atom is -0.493 e. The van der Waals surface area contributed by atoms with Gasteiger partial charge < -0.3 is 20.1 Å². The molecule has 0 saturated heterocycles. The number of nitrogens with two attached hydrogens (primary N) is 1. The van der Waals surface area contributed by atoms with E-state index in [2.05, 4.69) is 9.72 Å². The van der Waals surface area contributed by atoms with Crippen molar-refractivity contribution in [3.8, 4) is 11.5 Å². The smallest absolute Gasteiger partial charge is 0.387 e. The zero-order chi connectivity index (χ0) is 24.5. The van der Waals surface area contributed by atoms with Gasteiger partial charge in [0, 0.05) is 24.7 Å². The van der Waals surface area contributed by atoms with Crippen LogP contribution in [-0.2, 0) is 11.3 Å². The molecule has 1 heterocycles. The molecule has 1 amide bonds. The van der Waals surface area contributed by atoms with Gasteiger partial charge in [-0.25, -0.2) is 4.79 Å². The van der Waals surface area contributed by atoms with Gasteiger partial charge in [0.05, 0.1) is 7.11 Å².